The molecule has 0 atom stereocenters. The quantitative estimate of drug-likeness (QED) is 0.650. The zero-order chi connectivity index (χ0) is 14.3. The van der Waals surface area contributed by atoms with Crippen molar-refractivity contribution in [3.63, 3.8) is 0 Å². The van der Waals surface area contributed by atoms with E-state index in [9.17, 15) is 23.6 Å². The van der Waals surface area contributed by atoms with Crippen LogP contribution in [0.25, 0.3) is 0 Å². The lowest BCUT2D eigenvalue weighted by molar-refractivity contribution is -0.385. The number of non-ortho nitro benzene ring substituents is 1. The van der Waals surface area contributed by atoms with Crippen LogP contribution in [0.5, 0.6) is 0 Å². The molecule has 104 valence electrons. The Balaban J connectivity index is 2.27. The van der Waals surface area contributed by atoms with Crippen LogP contribution >= 0.6 is 0 Å². The van der Waals surface area contributed by atoms with Crippen LogP contribution in [0, 0.1) is 10.1 Å². The van der Waals surface area contributed by atoms with E-state index in [4.69, 9.17) is 0 Å². The molecule has 2 rings (SSSR count). The van der Waals surface area contributed by atoms with E-state index in [-0.39, 0.29) is 23.7 Å². The summed E-state index contributed by atoms with van der Waals surface area (Å²) in [4.78, 5) is 9.87. The molecule has 1 aromatic rings. The number of rotatable bonds is 4. The number of aliphatic hydroxyl groups is 1. The van der Waals surface area contributed by atoms with Crippen molar-refractivity contribution in [2.24, 2.45) is 0 Å². The first-order valence-corrected chi connectivity index (χ1v) is 7.19. The highest BCUT2D eigenvalue weighted by Crippen LogP contribution is 2.31. The van der Waals surface area contributed by atoms with E-state index in [1.165, 1.54) is 18.2 Å². The van der Waals surface area contributed by atoms with Gasteiger partial charge in [-0.2, -0.15) is 4.31 Å². The number of β-amino-alcohol motifs (C(OH)–C–C–N with tert-alkyl or cyclic N) is 1. The minimum Gasteiger partial charge on any atom is -0.387 e. The molecule has 1 aliphatic rings. The third-order valence-corrected chi connectivity index (χ3v) is 5.05. The van der Waals surface area contributed by atoms with Crippen LogP contribution in [0.1, 0.15) is 13.3 Å². The number of nitro groups is 1. The molecule has 1 N–H and O–H groups in total. The van der Waals surface area contributed by atoms with Crippen molar-refractivity contribution in [2.45, 2.75) is 23.8 Å². The number of hydrogen-bond donors (Lipinski definition) is 1. The second-order valence-electron chi connectivity index (χ2n) is 4.61. The van der Waals surface area contributed by atoms with Crippen LogP contribution in [-0.4, -0.2) is 41.4 Å². The fraction of sp³-hybridized carbons (Fsp3) is 0.455. The third kappa shape index (κ3) is 2.46. The average molecular weight is 286 g/mol. The van der Waals surface area contributed by atoms with E-state index in [1.54, 1.807) is 6.92 Å². The van der Waals surface area contributed by atoms with Crippen molar-refractivity contribution in [2.75, 3.05) is 13.1 Å². The first-order valence-electron chi connectivity index (χ1n) is 5.75. The molecular formula is C11H14N2O5S. The van der Waals surface area contributed by atoms with Crippen molar-refractivity contribution in [1.29, 1.82) is 0 Å². The summed E-state index contributed by atoms with van der Waals surface area (Å²) < 4.78 is 25.5. The first kappa shape index (κ1) is 13.9. The molecule has 0 unspecified atom stereocenters. The molecule has 1 heterocycles. The zero-order valence-electron chi connectivity index (χ0n) is 10.3. The molecule has 1 saturated heterocycles. The van der Waals surface area contributed by atoms with Gasteiger partial charge in [0.1, 0.15) is 0 Å². The normalized spacial score (nSPS) is 18.8. The summed E-state index contributed by atoms with van der Waals surface area (Å²) in [6, 6.07) is 4.90. The lowest BCUT2D eigenvalue weighted by atomic mass is 9.94. The van der Waals surface area contributed by atoms with Crippen LogP contribution in [0.2, 0.25) is 0 Å². The van der Waals surface area contributed by atoms with E-state index < -0.39 is 20.5 Å². The van der Waals surface area contributed by atoms with E-state index in [2.05, 4.69) is 0 Å². The van der Waals surface area contributed by atoms with Gasteiger partial charge in [-0.25, -0.2) is 8.42 Å². The molecule has 7 nitrogen and oxygen atoms in total. The third-order valence-electron chi connectivity index (χ3n) is 3.27. The summed E-state index contributed by atoms with van der Waals surface area (Å²) in [5.74, 6) is 0. The molecule has 0 radical (unpaired) electrons. The Kier molecular flexibility index (Phi) is 3.33. The molecule has 0 aliphatic carbocycles. The van der Waals surface area contributed by atoms with Crippen LogP contribution in [0.3, 0.4) is 0 Å². The van der Waals surface area contributed by atoms with Crippen LogP contribution in [0.15, 0.2) is 29.2 Å². The topological polar surface area (TPSA) is 101 Å². The maximum atomic E-state index is 12.2. The Hall–Kier alpha value is -1.51. The number of nitro benzene ring substituents is 1. The Bertz CT molecular complexity index is 607. The standard InChI is InChI=1S/C11H14N2O5S/c1-2-11(14)7-12(8-11)19(17,18)10-5-3-4-9(6-10)13(15)16/h3-6,14H,2,7-8H2,1H3. The maximum Gasteiger partial charge on any atom is 0.270 e. The highest BCUT2D eigenvalue weighted by molar-refractivity contribution is 7.89. The summed E-state index contributed by atoms with van der Waals surface area (Å²) in [7, 11) is -3.77. The highest BCUT2D eigenvalue weighted by atomic mass is 32.2. The predicted octanol–water partition coefficient (Wildman–Crippen LogP) is 0.740. The van der Waals surface area contributed by atoms with Gasteiger partial charge in [0.15, 0.2) is 0 Å². The van der Waals surface area contributed by atoms with E-state index in [0.29, 0.717) is 6.42 Å². The molecule has 19 heavy (non-hydrogen) atoms. The van der Waals surface area contributed by atoms with Gasteiger partial charge < -0.3 is 5.11 Å². The fourth-order valence-electron chi connectivity index (χ4n) is 1.91. The summed E-state index contributed by atoms with van der Waals surface area (Å²) in [6.07, 6.45) is 0.466. The molecule has 0 spiro atoms. The number of sulfonamides is 1. The molecule has 1 aliphatic heterocycles. The minimum absolute atomic E-state index is 0.0223. The molecule has 8 heteroatoms. The Morgan fingerprint density at radius 1 is 1.47 bits per heavy atom. The summed E-state index contributed by atoms with van der Waals surface area (Å²) >= 11 is 0. The Labute approximate surface area is 110 Å². The van der Waals surface area contributed by atoms with Crippen LogP contribution < -0.4 is 0 Å². The van der Waals surface area contributed by atoms with Gasteiger partial charge in [0.05, 0.1) is 15.4 Å². The van der Waals surface area contributed by atoms with Gasteiger partial charge in [0.2, 0.25) is 10.0 Å². The molecule has 0 saturated carbocycles. The smallest absolute Gasteiger partial charge is 0.270 e. The van der Waals surface area contributed by atoms with Gasteiger partial charge in [-0.3, -0.25) is 10.1 Å². The molecule has 0 amide bonds. The van der Waals surface area contributed by atoms with Crippen molar-refractivity contribution in [1.82, 2.24) is 4.31 Å². The minimum atomic E-state index is -3.77. The maximum absolute atomic E-state index is 12.2. The Morgan fingerprint density at radius 2 is 2.11 bits per heavy atom. The van der Waals surface area contributed by atoms with Crippen LogP contribution in [-0.2, 0) is 10.0 Å². The van der Waals surface area contributed by atoms with Crippen LogP contribution in [0.4, 0.5) is 5.69 Å². The zero-order valence-corrected chi connectivity index (χ0v) is 11.1. The average Bonchev–Trinajstić information content (AvgIpc) is 2.35. The second kappa shape index (κ2) is 4.55. The highest BCUT2D eigenvalue weighted by Gasteiger charge is 2.46. The summed E-state index contributed by atoms with van der Waals surface area (Å²) in [6.45, 7) is 1.82. The van der Waals surface area contributed by atoms with E-state index in [1.807, 2.05) is 0 Å². The predicted molar refractivity (Wildman–Crippen MR) is 67.1 cm³/mol. The number of benzene rings is 1. The SMILES string of the molecule is CCC1(O)CN(S(=O)(=O)c2cccc([N+](=O)[O-])c2)C1. The van der Waals surface area contributed by atoms with E-state index >= 15 is 0 Å². The van der Waals surface area contributed by atoms with Gasteiger partial charge in [0.25, 0.3) is 5.69 Å². The second-order valence-corrected chi connectivity index (χ2v) is 6.54. The lowest BCUT2D eigenvalue weighted by Gasteiger charge is -2.44. The van der Waals surface area contributed by atoms with Gasteiger partial charge in [-0.15, -0.1) is 0 Å². The molecular weight excluding hydrogens is 272 g/mol. The lowest BCUT2D eigenvalue weighted by Crippen LogP contribution is -2.62. The van der Waals surface area contributed by atoms with Gasteiger partial charge in [-0.05, 0) is 12.5 Å². The summed E-state index contributed by atoms with van der Waals surface area (Å²) in [5.41, 5.74) is -1.25. The summed E-state index contributed by atoms with van der Waals surface area (Å²) in [5, 5.41) is 20.5. The molecule has 0 bridgehead atoms. The van der Waals surface area contributed by atoms with Gasteiger partial charge >= 0.3 is 0 Å². The molecule has 1 aromatic carbocycles. The van der Waals surface area contributed by atoms with E-state index in [0.717, 1.165) is 10.4 Å². The van der Waals surface area contributed by atoms with Crippen molar-refractivity contribution in [3.05, 3.63) is 34.4 Å². The largest absolute Gasteiger partial charge is 0.387 e. The first-order chi connectivity index (χ1) is 8.78. The number of nitrogens with zero attached hydrogens (tertiary/aromatic N) is 2. The van der Waals surface area contributed by atoms with Crippen molar-refractivity contribution < 1.29 is 18.4 Å². The monoisotopic (exact) mass is 286 g/mol. The van der Waals surface area contributed by atoms with Crippen molar-refractivity contribution >= 4 is 15.7 Å². The Morgan fingerprint density at radius 3 is 2.63 bits per heavy atom. The number of hydrogen-bond acceptors (Lipinski definition) is 5. The van der Waals surface area contributed by atoms with Gasteiger partial charge in [-0.1, -0.05) is 13.0 Å². The van der Waals surface area contributed by atoms with Gasteiger partial charge in [0, 0.05) is 25.2 Å². The molecule has 0 aromatic heterocycles. The molecule has 1 fully saturated rings. The van der Waals surface area contributed by atoms with Crippen molar-refractivity contribution in [3.8, 4) is 0 Å². The fourth-order valence-corrected chi connectivity index (χ4v) is 3.55.